The second-order valence-electron chi connectivity index (χ2n) is 4.96. The van der Waals surface area contributed by atoms with Crippen molar-refractivity contribution < 1.29 is 9.32 Å². The Labute approximate surface area is 151 Å². The van der Waals surface area contributed by atoms with Crippen molar-refractivity contribution in [3.8, 4) is 11.3 Å². The van der Waals surface area contributed by atoms with Gasteiger partial charge in [0.25, 0.3) is 5.91 Å². The molecule has 0 spiro atoms. The van der Waals surface area contributed by atoms with Gasteiger partial charge in [0, 0.05) is 18.2 Å². The number of nitrogens with zero attached hydrogens (tertiary/aromatic N) is 1. The Morgan fingerprint density at radius 1 is 1.35 bits per heavy atom. The van der Waals surface area contributed by atoms with E-state index in [1.807, 2.05) is 14.0 Å². The smallest absolute Gasteiger partial charge is 0.257 e. The molecule has 0 radical (unpaired) electrons. The van der Waals surface area contributed by atoms with E-state index in [4.69, 9.17) is 27.7 Å². The molecule has 0 aliphatic heterocycles. The Balaban J connectivity index is 0.00000264. The number of carbonyl (C=O) groups is 1. The summed E-state index contributed by atoms with van der Waals surface area (Å²) < 4.78 is 5.17. The van der Waals surface area contributed by atoms with E-state index in [1.165, 1.54) is 0 Å². The SMILES string of the molecule is CNC(C)CNC(=O)c1c(-c2c(Cl)cccc2Cl)noc1C.Cl. The summed E-state index contributed by atoms with van der Waals surface area (Å²) in [7, 11) is 1.83. The maximum absolute atomic E-state index is 12.4. The first-order valence-corrected chi connectivity index (χ1v) is 7.57. The monoisotopic (exact) mass is 377 g/mol. The summed E-state index contributed by atoms with van der Waals surface area (Å²) in [5.74, 6) is 0.146. The van der Waals surface area contributed by atoms with Gasteiger partial charge in [-0.25, -0.2) is 0 Å². The first-order valence-electron chi connectivity index (χ1n) is 6.81. The number of rotatable bonds is 5. The van der Waals surface area contributed by atoms with Crippen LogP contribution in [0, 0.1) is 6.92 Å². The molecule has 1 heterocycles. The average Bonchev–Trinajstić information content (AvgIpc) is 2.86. The van der Waals surface area contributed by atoms with Gasteiger partial charge in [0.1, 0.15) is 17.0 Å². The van der Waals surface area contributed by atoms with E-state index in [1.54, 1.807) is 25.1 Å². The van der Waals surface area contributed by atoms with Gasteiger partial charge in [0.15, 0.2) is 0 Å². The van der Waals surface area contributed by atoms with Crippen LogP contribution < -0.4 is 10.6 Å². The molecular weight excluding hydrogens is 361 g/mol. The van der Waals surface area contributed by atoms with Crippen LogP contribution in [0.3, 0.4) is 0 Å². The molecule has 0 fully saturated rings. The van der Waals surface area contributed by atoms with Crippen molar-refractivity contribution in [2.75, 3.05) is 13.6 Å². The zero-order valence-electron chi connectivity index (χ0n) is 12.9. The highest BCUT2D eigenvalue weighted by molar-refractivity contribution is 6.39. The van der Waals surface area contributed by atoms with Crippen molar-refractivity contribution in [3.05, 3.63) is 39.6 Å². The van der Waals surface area contributed by atoms with Crippen molar-refractivity contribution >= 4 is 41.5 Å². The fraction of sp³-hybridized carbons (Fsp3) is 0.333. The fourth-order valence-electron chi connectivity index (χ4n) is 1.97. The number of aryl methyl sites for hydroxylation is 1. The Bertz CT molecular complexity index is 668. The van der Waals surface area contributed by atoms with Crippen LogP contribution in [0.25, 0.3) is 11.3 Å². The molecule has 0 bridgehead atoms. The highest BCUT2D eigenvalue weighted by Gasteiger charge is 2.24. The van der Waals surface area contributed by atoms with Gasteiger partial charge in [-0.15, -0.1) is 12.4 Å². The van der Waals surface area contributed by atoms with Crippen LogP contribution in [-0.4, -0.2) is 30.7 Å². The third-order valence-electron chi connectivity index (χ3n) is 3.35. The third-order valence-corrected chi connectivity index (χ3v) is 3.98. The summed E-state index contributed by atoms with van der Waals surface area (Å²) in [6.45, 7) is 4.12. The van der Waals surface area contributed by atoms with E-state index in [2.05, 4.69) is 15.8 Å². The molecule has 8 heteroatoms. The second-order valence-corrected chi connectivity index (χ2v) is 5.77. The Morgan fingerprint density at radius 3 is 2.52 bits per heavy atom. The molecule has 23 heavy (non-hydrogen) atoms. The Kier molecular flexibility index (Phi) is 7.35. The molecule has 1 aromatic heterocycles. The first kappa shape index (κ1) is 19.8. The molecule has 0 aliphatic rings. The number of benzene rings is 1. The highest BCUT2D eigenvalue weighted by atomic mass is 35.5. The van der Waals surface area contributed by atoms with Crippen LogP contribution >= 0.6 is 35.6 Å². The number of likely N-dealkylation sites (N-methyl/N-ethyl adjacent to an activating group) is 1. The topological polar surface area (TPSA) is 67.2 Å². The number of hydrogen-bond acceptors (Lipinski definition) is 4. The minimum Gasteiger partial charge on any atom is -0.360 e. The second kappa shape index (κ2) is 8.55. The van der Waals surface area contributed by atoms with Crippen molar-refractivity contribution in [2.45, 2.75) is 19.9 Å². The lowest BCUT2D eigenvalue weighted by Gasteiger charge is -2.12. The Hall–Kier alpha value is -1.27. The highest BCUT2D eigenvalue weighted by Crippen LogP contribution is 2.36. The van der Waals surface area contributed by atoms with Gasteiger partial charge in [-0.1, -0.05) is 34.4 Å². The third kappa shape index (κ3) is 4.38. The van der Waals surface area contributed by atoms with Gasteiger partial charge in [-0.05, 0) is 33.0 Å². The molecule has 1 unspecified atom stereocenters. The lowest BCUT2D eigenvalue weighted by Crippen LogP contribution is -2.37. The van der Waals surface area contributed by atoms with Crippen LogP contribution in [0.2, 0.25) is 10.0 Å². The average molecular weight is 379 g/mol. The standard InChI is InChI=1S/C15H17Cl2N3O2.ClH/c1-8(18-3)7-19-15(21)12-9(2)22-20-14(12)13-10(16)5-4-6-11(13)17;/h4-6,8,18H,7H2,1-3H3,(H,19,21);1H. The normalized spacial score (nSPS) is 11.7. The molecule has 2 aromatic rings. The lowest BCUT2D eigenvalue weighted by molar-refractivity contribution is 0.0949. The molecule has 0 saturated carbocycles. The van der Waals surface area contributed by atoms with Crippen molar-refractivity contribution in [1.82, 2.24) is 15.8 Å². The fourth-order valence-corrected chi connectivity index (χ4v) is 2.55. The van der Waals surface area contributed by atoms with Crippen LogP contribution in [0.4, 0.5) is 0 Å². The van der Waals surface area contributed by atoms with E-state index < -0.39 is 0 Å². The van der Waals surface area contributed by atoms with Gasteiger partial charge in [-0.2, -0.15) is 0 Å². The molecule has 5 nitrogen and oxygen atoms in total. The maximum atomic E-state index is 12.4. The largest absolute Gasteiger partial charge is 0.360 e. The number of amides is 1. The van der Waals surface area contributed by atoms with Gasteiger partial charge in [0.05, 0.1) is 10.0 Å². The molecule has 2 rings (SSSR count). The van der Waals surface area contributed by atoms with E-state index in [9.17, 15) is 4.79 Å². The predicted octanol–water partition coefficient (Wildman–Crippen LogP) is 3.72. The van der Waals surface area contributed by atoms with Crippen molar-refractivity contribution in [1.29, 1.82) is 0 Å². The minimum atomic E-state index is -0.271. The summed E-state index contributed by atoms with van der Waals surface area (Å²) in [5.41, 5.74) is 1.19. The van der Waals surface area contributed by atoms with Crippen LogP contribution in [0.5, 0.6) is 0 Å². The molecule has 1 atom stereocenters. The zero-order valence-corrected chi connectivity index (χ0v) is 15.3. The van der Waals surface area contributed by atoms with Crippen molar-refractivity contribution in [3.63, 3.8) is 0 Å². The van der Waals surface area contributed by atoms with E-state index in [0.717, 1.165) is 0 Å². The summed E-state index contributed by atoms with van der Waals surface area (Å²) in [6.07, 6.45) is 0. The molecule has 0 aliphatic carbocycles. The molecule has 1 amide bonds. The summed E-state index contributed by atoms with van der Waals surface area (Å²) >= 11 is 12.4. The van der Waals surface area contributed by atoms with Gasteiger partial charge in [-0.3, -0.25) is 4.79 Å². The van der Waals surface area contributed by atoms with Gasteiger partial charge < -0.3 is 15.2 Å². The number of hydrogen-bond donors (Lipinski definition) is 2. The quantitative estimate of drug-likeness (QED) is 0.832. The number of halogens is 3. The van der Waals surface area contributed by atoms with Gasteiger partial charge in [0.2, 0.25) is 0 Å². The van der Waals surface area contributed by atoms with E-state index >= 15 is 0 Å². The zero-order chi connectivity index (χ0) is 16.3. The molecule has 2 N–H and O–H groups in total. The van der Waals surface area contributed by atoms with Crippen LogP contribution in [0.15, 0.2) is 22.7 Å². The Morgan fingerprint density at radius 2 is 1.96 bits per heavy atom. The number of nitrogens with one attached hydrogen (secondary N) is 2. The van der Waals surface area contributed by atoms with Crippen LogP contribution in [-0.2, 0) is 0 Å². The maximum Gasteiger partial charge on any atom is 0.257 e. The number of carbonyl (C=O) groups excluding carboxylic acids is 1. The summed E-state index contributed by atoms with van der Waals surface area (Å²) in [4.78, 5) is 12.4. The van der Waals surface area contributed by atoms with Crippen molar-refractivity contribution in [2.24, 2.45) is 0 Å². The van der Waals surface area contributed by atoms with Crippen LogP contribution in [0.1, 0.15) is 23.0 Å². The molecular formula is C15H18Cl3N3O2. The number of aromatic nitrogens is 1. The van der Waals surface area contributed by atoms with Gasteiger partial charge >= 0.3 is 0 Å². The minimum absolute atomic E-state index is 0. The molecule has 126 valence electrons. The predicted molar refractivity (Wildman–Crippen MR) is 94.8 cm³/mol. The van der Waals surface area contributed by atoms with E-state index in [0.29, 0.717) is 39.2 Å². The molecule has 0 saturated heterocycles. The van der Waals surface area contributed by atoms with E-state index in [-0.39, 0.29) is 24.4 Å². The lowest BCUT2D eigenvalue weighted by atomic mass is 10.1. The summed E-state index contributed by atoms with van der Waals surface area (Å²) in [5, 5.41) is 10.7. The molecule has 1 aromatic carbocycles. The first-order chi connectivity index (χ1) is 10.5. The summed E-state index contributed by atoms with van der Waals surface area (Å²) in [6, 6.07) is 5.27.